The molecule has 0 N–H and O–H groups in total. The number of hydrogen-bond acceptors (Lipinski definition) is 2. The average Bonchev–Trinajstić information content (AvgIpc) is 3.66. The van der Waals surface area contributed by atoms with Crippen LogP contribution in [0.1, 0.15) is 5.56 Å². The van der Waals surface area contributed by atoms with Crippen LogP contribution in [0.25, 0.3) is 82.8 Å². The van der Waals surface area contributed by atoms with Gasteiger partial charge in [0.15, 0.2) is 16.6 Å². The molecule has 0 amide bonds. The van der Waals surface area contributed by atoms with Crippen LogP contribution < -0.4 is 4.57 Å². The lowest BCUT2D eigenvalue weighted by molar-refractivity contribution is -0.633. The van der Waals surface area contributed by atoms with Crippen LogP contribution in [0, 0.1) is 6.92 Å². The number of para-hydroxylation sites is 3. The summed E-state index contributed by atoms with van der Waals surface area (Å²) in [5.41, 5.74) is 9.14. The molecule has 0 aliphatic carbocycles. The molecule has 9 rings (SSSR count). The Morgan fingerprint density at radius 1 is 0.610 bits per heavy atom. The second-order valence-electron chi connectivity index (χ2n) is 10.9. The molecule has 41 heavy (non-hydrogen) atoms. The highest BCUT2D eigenvalue weighted by Gasteiger charge is 2.31. The Hall–Kier alpha value is -5.35. The highest BCUT2D eigenvalue weighted by atomic mass is 16.3. The van der Waals surface area contributed by atoms with Gasteiger partial charge in [-0.1, -0.05) is 72.8 Å². The molecule has 0 unspecified atom stereocenters. The third kappa shape index (κ3) is 3.02. The van der Waals surface area contributed by atoms with E-state index in [9.17, 15) is 0 Å². The van der Waals surface area contributed by atoms with Gasteiger partial charge in [0.05, 0.1) is 7.05 Å². The van der Waals surface area contributed by atoms with Crippen molar-refractivity contribution in [3.05, 3.63) is 121 Å². The van der Waals surface area contributed by atoms with E-state index in [-0.39, 0.29) is 0 Å². The van der Waals surface area contributed by atoms with Gasteiger partial charge in [-0.3, -0.25) is 0 Å². The van der Waals surface area contributed by atoms with Gasteiger partial charge in [0, 0.05) is 27.6 Å². The van der Waals surface area contributed by atoms with E-state index in [2.05, 4.69) is 126 Å². The van der Waals surface area contributed by atoms with Crippen LogP contribution in [-0.2, 0) is 7.05 Å². The number of aryl methyl sites for hydroxylation is 2. The fourth-order valence-electron chi connectivity index (χ4n) is 6.70. The number of aromatic nitrogens is 2. The first-order valence-electron chi connectivity index (χ1n) is 13.9. The van der Waals surface area contributed by atoms with Crippen LogP contribution >= 0.6 is 0 Å². The van der Waals surface area contributed by atoms with Gasteiger partial charge in [0.25, 0.3) is 5.82 Å². The van der Waals surface area contributed by atoms with Gasteiger partial charge in [0.2, 0.25) is 0 Å². The van der Waals surface area contributed by atoms with Crippen molar-refractivity contribution in [3.8, 4) is 17.1 Å². The van der Waals surface area contributed by atoms with Crippen LogP contribution in [-0.4, -0.2) is 4.57 Å². The number of hydrogen-bond donors (Lipinski definition) is 0. The molecular formula is C37H25N2O2+. The van der Waals surface area contributed by atoms with E-state index in [4.69, 9.17) is 8.83 Å². The third-order valence-corrected chi connectivity index (χ3v) is 8.60. The fraction of sp³-hybridized carbons (Fsp3) is 0.0541. The molecule has 0 fully saturated rings. The van der Waals surface area contributed by atoms with Crippen molar-refractivity contribution in [1.82, 2.24) is 4.57 Å². The van der Waals surface area contributed by atoms with Gasteiger partial charge in [0.1, 0.15) is 28.0 Å². The van der Waals surface area contributed by atoms with Gasteiger partial charge in [-0.15, -0.1) is 0 Å². The minimum atomic E-state index is 0.875. The molecule has 0 bridgehead atoms. The Morgan fingerprint density at radius 2 is 1.37 bits per heavy atom. The van der Waals surface area contributed by atoms with Gasteiger partial charge in [-0.25, -0.2) is 4.57 Å². The van der Waals surface area contributed by atoms with Crippen molar-refractivity contribution < 1.29 is 13.4 Å². The van der Waals surface area contributed by atoms with Gasteiger partial charge >= 0.3 is 0 Å². The summed E-state index contributed by atoms with van der Waals surface area (Å²) in [6, 6.07) is 40.5. The molecule has 0 saturated heterocycles. The minimum absolute atomic E-state index is 0.875. The standard InChI is InChI=1S/C37H25N2O2/c1-22-15-18-28-35-25-10-4-3-9-23(25)16-20-32(35)41-36(28)34(22)37-38(2)29-12-6-7-13-30(29)39(37)24-17-19-27-26-11-5-8-14-31(26)40-33(27)21-24/h3-21H,1-2H3/q+1. The summed E-state index contributed by atoms with van der Waals surface area (Å²) in [6.07, 6.45) is 0. The molecular weight excluding hydrogens is 504 g/mol. The number of nitrogens with zero attached hydrogens (tertiary/aromatic N) is 2. The number of fused-ring (bicyclic) bond motifs is 9. The van der Waals surface area contributed by atoms with Crippen molar-refractivity contribution in [2.24, 2.45) is 7.05 Å². The van der Waals surface area contributed by atoms with E-state index >= 15 is 0 Å². The smallest absolute Gasteiger partial charge is 0.298 e. The van der Waals surface area contributed by atoms with Crippen molar-refractivity contribution in [2.75, 3.05) is 0 Å². The third-order valence-electron chi connectivity index (χ3n) is 8.60. The van der Waals surface area contributed by atoms with E-state index in [0.717, 1.165) is 77.5 Å². The maximum absolute atomic E-state index is 6.73. The Morgan fingerprint density at radius 3 is 2.29 bits per heavy atom. The number of benzene rings is 6. The summed E-state index contributed by atoms with van der Waals surface area (Å²) in [6.45, 7) is 2.17. The topological polar surface area (TPSA) is 35.1 Å². The van der Waals surface area contributed by atoms with Crippen LogP contribution in [0.5, 0.6) is 0 Å². The second kappa shape index (κ2) is 8.09. The van der Waals surface area contributed by atoms with Crippen molar-refractivity contribution in [3.63, 3.8) is 0 Å². The lowest BCUT2D eigenvalue weighted by atomic mass is 10.00. The van der Waals surface area contributed by atoms with E-state index < -0.39 is 0 Å². The molecule has 9 aromatic rings. The first kappa shape index (κ1) is 22.5. The number of imidazole rings is 1. The predicted octanol–water partition coefficient (Wildman–Crippen LogP) is 9.38. The molecule has 6 aromatic carbocycles. The summed E-state index contributed by atoms with van der Waals surface area (Å²) in [5, 5.41) is 6.96. The maximum Gasteiger partial charge on any atom is 0.298 e. The normalized spacial score (nSPS) is 12.1. The fourth-order valence-corrected chi connectivity index (χ4v) is 6.70. The van der Waals surface area contributed by atoms with Crippen molar-refractivity contribution >= 4 is 65.7 Å². The number of rotatable bonds is 2. The predicted molar refractivity (Wildman–Crippen MR) is 167 cm³/mol. The van der Waals surface area contributed by atoms with Crippen molar-refractivity contribution in [1.29, 1.82) is 0 Å². The molecule has 3 aromatic heterocycles. The van der Waals surface area contributed by atoms with Gasteiger partial charge in [-0.2, -0.15) is 4.57 Å². The molecule has 4 nitrogen and oxygen atoms in total. The van der Waals surface area contributed by atoms with E-state index in [1.54, 1.807) is 0 Å². The van der Waals surface area contributed by atoms with Crippen LogP contribution in [0.3, 0.4) is 0 Å². The molecule has 0 spiro atoms. The average molecular weight is 530 g/mol. The molecule has 0 radical (unpaired) electrons. The molecule has 0 atom stereocenters. The highest BCUT2D eigenvalue weighted by molar-refractivity contribution is 6.20. The van der Waals surface area contributed by atoms with E-state index in [1.807, 2.05) is 12.1 Å². The summed E-state index contributed by atoms with van der Waals surface area (Å²) >= 11 is 0. The summed E-state index contributed by atoms with van der Waals surface area (Å²) in [5.74, 6) is 1.06. The lowest BCUT2D eigenvalue weighted by Gasteiger charge is -2.07. The Kier molecular flexibility index (Phi) is 4.43. The second-order valence-corrected chi connectivity index (χ2v) is 10.9. The molecule has 0 aliphatic heterocycles. The first-order chi connectivity index (χ1) is 20.2. The Bertz CT molecular complexity index is 2510. The van der Waals surface area contributed by atoms with E-state index in [1.165, 1.54) is 10.8 Å². The zero-order valence-corrected chi connectivity index (χ0v) is 22.7. The van der Waals surface area contributed by atoms with Gasteiger partial charge < -0.3 is 8.83 Å². The highest BCUT2D eigenvalue weighted by Crippen LogP contribution is 2.41. The number of furan rings is 2. The SMILES string of the molecule is Cc1ccc2c(oc3ccc4ccccc4c32)c1-c1n(-c2ccc3c(c2)oc2ccccc23)c2ccccc2[n+]1C. The van der Waals surface area contributed by atoms with E-state index in [0.29, 0.717) is 0 Å². The van der Waals surface area contributed by atoms with Crippen molar-refractivity contribution in [2.45, 2.75) is 6.92 Å². The lowest BCUT2D eigenvalue weighted by Crippen LogP contribution is -2.30. The monoisotopic (exact) mass is 529 g/mol. The Balaban J connectivity index is 1.41. The summed E-state index contributed by atoms with van der Waals surface area (Å²) in [7, 11) is 2.14. The first-order valence-corrected chi connectivity index (χ1v) is 13.9. The Labute approximate surface area is 235 Å². The van der Waals surface area contributed by atoms with Crippen LogP contribution in [0.15, 0.2) is 124 Å². The molecule has 3 heterocycles. The van der Waals surface area contributed by atoms with Crippen LogP contribution in [0.2, 0.25) is 0 Å². The quantitative estimate of drug-likeness (QED) is 0.209. The summed E-state index contributed by atoms with van der Waals surface area (Å²) < 4.78 is 17.7. The minimum Gasteiger partial charge on any atom is -0.456 e. The van der Waals surface area contributed by atoms with Gasteiger partial charge in [-0.05, 0) is 59.7 Å². The zero-order chi connectivity index (χ0) is 27.2. The molecule has 0 aliphatic rings. The summed E-state index contributed by atoms with van der Waals surface area (Å²) in [4.78, 5) is 0. The molecule has 0 saturated carbocycles. The maximum atomic E-state index is 6.73. The molecule has 194 valence electrons. The zero-order valence-electron chi connectivity index (χ0n) is 22.7. The molecule has 4 heteroatoms. The largest absolute Gasteiger partial charge is 0.456 e. The van der Waals surface area contributed by atoms with Crippen LogP contribution in [0.4, 0.5) is 0 Å².